The minimum Gasteiger partial charge on any atom is -0.260 e. The number of hydrogen-bond acceptors (Lipinski definition) is 10. The molecule has 0 spiro atoms. The van der Waals surface area contributed by atoms with Gasteiger partial charge in [0, 0.05) is 168 Å². The summed E-state index contributed by atoms with van der Waals surface area (Å²) in [6.45, 7) is 26.2. The molecule has 0 bridgehead atoms. The normalized spacial score (nSPS) is 11.9. The van der Waals surface area contributed by atoms with Gasteiger partial charge in [-0.3, -0.25) is 39.9 Å². The van der Waals surface area contributed by atoms with E-state index in [9.17, 15) is 0 Å². The van der Waals surface area contributed by atoms with E-state index in [1.807, 2.05) is 80.2 Å². The molecule has 0 unspecified atom stereocenters. The molecule has 0 radical (unpaired) electrons. The van der Waals surface area contributed by atoms with Gasteiger partial charge in [0.2, 0.25) is 0 Å². The summed E-state index contributed by atoms with van der Waals surface area (Å²) in [6, 6.07) is 99.8. The lowest BCUT2D eigenvalue weighted by Gasteiger charge is -2.21. The summed E-state index contributed by atoms with van der Waals surface area (Å²) in [5, 5.41) is 0. The van der Waals surface area contributed by atoms with Crippen LogP contribution in [0.3, 0.4) is 0 Å². The Morgan fingerprint density at radius 3 is 0.593 bits per heavy atom. The van der Waals surface area contributed by atoms with E-state index < -0.39 is 0 Å². The first-order valence-electron chi connectivity index (χ1n) is 40.4. The predicted molar refractivity (Wildman–Crippen MR) is 486 cm³/mol. The molecule has 9 heterocycles. The van der Waals surface area contributed by atoms with Crippen molar-refractivity contribution in [2.75, 3.05) is 0 Å². The van der Waals surface area contributed by atoms with E-state index in [2.05, 4.69) is 344 Å². The van der Waals surface area contributed by atoms with Gasteiger partial charge in [-0.15, -0.1) is 0 Å². The average Bonchev–Trinajstić information content (AvgIpc) is 0.755. The van der Waals surface area contributed by atoms with Crippen LogP contribution in [0.15, 0.2) is 341 Å². The number of pyridine rings is 8. The zero-order valence-corrected chi connectivity index (χ0v) is 68.8. The Labute approximate surface area is 692 Å². The molecule has 0 fully saturated rings. The highest BCUT2D eigenvalue weighted by Gasteiger charge is 2.25. The molecular weight excluding hydrogens is 1440 g/mol. The van der Waals surface area contributed by atoms with Gasteiger partial charge < -0.3 is 0 Å². The molecule has 0 aliphatic heterocycles. The van der Waals surface area contributed by atoms with Gasteiger partial charge in [-0.1, -0.05) is 253 Å². The summed E-state index contributed by atoms with van der Waals surface area (Å²) in [5.41, 5.74) is 34.1. The van der Waals surface area contributed by atoms with E-state index in [1.165, 1.54) is 0 Å². The van der Waals surface area contributed by atoms with Crippen molar-refractivity contribution in [3.8, 4) is 179 Å². The first-order valence-corrected chi connectivity index (χ1v) is 40.4. The largest absolute Gasteiger partial charge is 0.260 e. The molecule has 0 N–H and O–H groups in total. The maximum atomic E-state index is 5.24. The van der Waals surface area contributed by atoms with Crippen LogP contribution in [0.1, 0.15) is 106 Å². The van der Waals surface area contributed by atoms with Crippen LogP contribution >= 0.6 is 0 Å². The molecule has 8 aromatic carbocycles. The fraction of sp³-hybridized carbons (Fsp3) is 0.148. The predicted octanol–water partition coefficient (Wildman–Crippen LogP) is 27.5. The third-order valence-electron chi connectivity index (χ3n) is 22.1. The zero-order valence-electron chi connectivity index (χ0n) is 68.8. The van der Waals surface area contributed by atoms with E-state index in [1.54, 1.807) is 0 Å². The number of hydrogen-bond donors (Lipinski definition) is 0. The zero-order chi connectivity index (χ0) is 81.5. The molecule has 10 heteroatoms. The minimum atomic E-state index is -0.0790. The van der Waals surface area contributed by atoms with Gasteiger partial charge in [0.15, 0.2) is 5.82 Å². The molecule has 574 valence electrons. The molecule has 118 heavy (non-hydrogen) atoms. The highest BCUT2D eigenvalue weighted by Crippen LogP contribution is 2.48. The molecule has 0 aliphatic carbocycles. The molecule has 9 aromatic heterocycles. The Hall–Kier alpha value is -14.0. The molecule has 0 amide bonds. The maximum Gasteiger partial charge on any atom is 0.159 e. The summed E-state index contributed by atoms with van der Waals surface area (Å²) in [6.07, 6.45) is 19.7. The molecule has 17 rings (SSSR count). The fourth-order valence-corrected chi connectivity index (χ4v) is 15.5. The molecule has 0 aliphatic rings. The minimum absolute atomic E-state index is 0.0790. The number of benzene rings is 8. The quantitative estimate of drug-likeness (QED) is 0.0922. The molecule has 0 saturated heterocycles. The van der Waals surface area contributed by atoms with E-state index in [-0.39, 0.29) is 21.7 Å². The van der Waals surface area contributed by atoms with Crippen molar-refractivity contribution in [2.45, 2.75) is 105 Å². The van der Waals surface area contributed by atoms with E-state index in [0.717, 1.165) is 196 Å². The Balaban J connectivity index is 0.866. The lowest BCUT2D eigenvalue weighted by atomic mass is 9.83. The first kappa shape index (κ1) is 76.7. The highest BCUT2D eigenvalue weighted by molar-refractivity contribution is 6.01. The van der Waals surface area contributed by atoms with Crippen molar-refractivity contribution in [3.05, 3.63) is 364 Å². The molecule has 17 aromatic rings. The highest BCUT2D eigenvalue weighted by atomic mass is 14.9. The number of nitrogens with zero attached hydrogens (tertiary/aromatic N) is 10. The van der Waals surface area contributed by atoms with Crippen LogP contribution in [0, 0.1) is 0 Å². The van der Waals surface area contributed by atoms with Crippen LogP contribution in [0.5, 0.6) is 0 Å². The third kappa shape index (κ3) is 16.1. The van der Waals surface area contributed by atoms with Gasteiger partial charge in [0.25, 0.3) is 0 Å². The molecule has 0 saturated carbocycles. The van der Waals surface area contributed by atoms with Gasteiger partial charge in [-0.25, -0.2) is 9.97 Å². The molecule has 0 atom stereocenters. The lowest BCUT2D eigenvalue weighted by Crippen LogP contribution is -2.12. The van der Waals surface area contributed by atoms with Crippen molar-refractivity contribution in [2.24, 2.45) is 0 Å². The van der Waals surface area contributed by atoms with Crippen LogP contribution in [0.4, 0.5) is 0 Å². The van der Waals surface area contributed by atoms with E-state index in [0.29, 0.717) is 5.82 Å². The van der Waals surface area contributed by atoms with Gasteiger partial charge in [-0.05, 0) is 198 Å². The van der Waals surface area contributed by atoms with Gasteiger partial charge in [0.1, 0.15) is 0 Å². The second kappa shape index (κ2) is 31.7. The van der Waals surface area contributed by atoms with Crippen LogP contribution < -0.4 is 0 Å². The Morgan fingerprint density at radius 1 is 0.153 bits per heavy atom. The third-order valence-corrected chi connectivity index (χ3v) is 22.1. The van der Waals surface area contributed by atoms with Gasteiger partial charge in [-0.2, -0.15) is 0 Å². The van der Waals surface area contributed by atoms with Crippen molar-refractivity contribution in [3.63, 3.8) is 0 Å². The van der Waals surface area contributed by atoms with Crippen molar-refractivity contribution < 1.29 is 0 Å². The average molecular weight is 1530 g/mol. The maximum absolute atomic E-state index is 5.24. The molecule has 10 nitrogen and oxygen atoms in total. The first-order chi connectivity index (χ1) is 57.0. The monoisotopic (exact) mass is 1530 g/mol. The smallest absolute Gasteiger partial charge is 0.159 e. The lowest BCUT2D eigenvalue weighted by molar-refractivity contribution is 0.569. The second-order valence-corrected chi connectivity index (χ2v) is 34.6. The number of aromatic nitrogens is 10. The topological polar surface area (TPSA) is 129 Å². The van der Waals surface area contributed by atoms with Crippen molar-refractivity contribution in [1.82, 2.24) is 49.8 Å². The van der Waals surface area contributed by atoms with E-state index >= 15 is 0 Å². The van der Waals surface area contributed by atoms with Gasteiger partial charge >= 0.3 is 0 Å². The summed E-state index contributed by atoms with van der Waals surface area (Å²) >= 11 is 0. The van der Waals surface area contributed by atoms with Crippen LogP contribution in [0.2, 0.25) is 0 Å². The standard InChI is InChI=1S/C108H92N10/c1-105(2,3)99-49-41-74(63-113-99)95-45-37-70(59-109-95)85-27-16-20-31-89(85)78-53-79(90-32-21-17-28-86(90)71-38-46-96(110-60-71)75-42-50-100(114-64-75)106(4,5)6)56-82(55-78)93-35-24-36-94(103(93)84-67-117-104(118-68-84)69-25-14-13-15-26-69)83-57-80(91-33-22-18-29-87(91)72-39-47-97(111-61-72)76-43-51-101(115-65-76)107(7,8)9)54-81(58-83)92-34-23-19-30-88(92)73-40-48-98(112-62-73)77-44-52-102(116-66-77)108(10,11)12/h13-68H,1-12H3. The summed E-state index contributed by atoms with van der Waals surface area (Å²) in [7, 11) is 0. The summed E-state index contributed by atoms with van der Waals surface area (Å²) in [4.78, 5) is 50.5. The van der Waals surface area contributed by atoms with Crippen molar-refractivity contribution in [1.29, 1.82) is 0 Å². The Kier molecular flexibility index (Phi) is 20.6. The Bertz CT molecular complexity index is 5790. The second-order valence-electron chi connectivity index (χ2n) is 34.6. The molecular formula is C108H92N10. The van der Waals surface area contributed by atoms with Gasteiger partial charge in [0.05, 0.1) is 22.8 Å². The number of rotatable bonds is 16. The fourth-order valence-electron chi connectivity index (χ4n) is 15.5. The van der Waals surface area contributed by atoms with Crippen LogP contribution in [-0.2, 0) is 21.7 Å². The van der Waals surface area contributed by atoms with Crippen LogP contribution in [-0.4, -0.2) is 49.8 Å². The van der Waals surface area contributed by atoms with Crippen LogP contribution in [0.25, 0.3) is 179 Å². The summed E-state index contributed by atoms with van der Waals surface area (Å²) < 4.78 is 0. The SMILES string of the molecule is CC(C)(C)c1ccc(-c2ccc(-c3ccccc3-c3cc(-c4ccccc4-c4ccc(-c5ccc(C(C)(C)C)nc5)nc4)cc(-c4cccc(-c5cc(-c6ccccc6-c6ccc(-c7ccc(C(C)(C)C)nc7)nc6)cc(-c6ccccc6-c6ccc(-c7ccc(C(C)(C)C)nc7)nc6)c5)c4-c4cnc(-c5ccccc5)nc4)c3)cn2)cn1. The van der Waals surface area contributed by atoms with Crippen molar-refractivity contribution >= 4 is 0 Å². The summed E-state index contributed by atoms with van der Waals surface area (Å²) in [5.74, 6) is 0.629. The van der Waals surface area contributed by atoms with E-state index in [4.69, 9.17) is 49.8 Å². The Morgan fingerprint density at radius 2 is 0.364 bits per heavy atom.